The SMILES string of the molecule is CCOC(=O)C1=C(CSc2nc(C)c(C)n2C[C@@H]2CCCO2)NC(=O)N[C@@H]1CC. The highest BCUT2D eigenvalue weighted by atomic mass is 32.2. The maximum Gasteiger partial charge on any atom is 0.337 e. The van der Waals surface area contributed by atoms with Crippen molar-refractivity contribution in [3.8, 4) is 0 Å². The molecule has 9 heteroatoms. The lowest BCUT2D eigenvalue weighted by molar-refractivity contribution is -0.139. The fraction of sp³-hybridized carbons (Fsp3) is 0.650. The van der Waals surface area contributed by atoms with E-state index in [4.69, 9.17) is 14.5 Å². The van der Waals surface area contributed by atoms with E-state index in [1.54, 1.807) is 6.92 Å². The van der Waals surface area contributed by atoms with Crippen LogP contribution in [0, 0.1) is 13.8 Å². The highest BCUT2D eigenvalue weighted by Crippen LogP contribution is 2.27. The number of aromatic nitrogens is 2. The first-order chi connectivity index (χ1) is 13.9. The molecule has 8 nitrogen and oxygen atoms in total. The zero-order valence-electron chi connectivity index (χ0n) is 17.5. The van der Waals surface area contributed by atoms with Gasteiger partial charge in [0.25, 0.3) is 0 Å². The third kappa shape index (κ3) is 4.95. The van der Waals surface area contributed by atoms with E-state index in [9.17, 15) is 9.59 Å². The molecule has 29 heavy (non-hydrogen) atoms. The summed E-state index contributed by atoms with van der Waals surface area (Å²) in [6, 6.07) is -0.649. The molecule has 2 amide bonds. The Morgan fingerprint density at radius 3 is 2.83 bits per heavy atom. The first-order valence-corrected chi connectivity index (χ1v) is 11.2. The van der Waals surface area contributed by atoms with Gasteiger partial charge in [-0.15, -0.1) is 0 Å². The highest BCUT2D eigenvalue weighted by Gasteiger charge is 2.31. The van der Waals surface area contributed by atoms with Crippen molar-refractivity contribution < 1.29 is 19.1 Å². The lowest BCUT2D eigenvalue weighted by atomic mass is 10.0. The van der Waals surface area contributed by atoms with Crippen molar-refractivity contribution in [2.75, 3.05) is 19.0 Å². The summed E-state index contributed by atoms with van der Waals surface area (Å²) in [6.45, 7) is 9.63. The van der Waals surface area contributed by atoms with Crippen LogP contribution >= 0.6 is 11.8 Å². The molecule has 0 aliphatic carbocycles. The molecule has 2 N–H and O–H groups in total. The van der Waals surface area contributed by atoms with Crippen LogP contribution in [0.15, 0.2) is 16.4 Å². The Balaban J connectivity index is 1.83. The van der Waals surface area contributed by atoms with Crippen LogP contribution in [0.1, 0.15) is 44.5 Å². The molecule has 2 aliphatic rings. The Morgan fingerprint density at radius 2 is 2.17 bits per heavy atom. The smallest absolute Gasteiger partial charge is 0.337 e. The molecule has 0 spiro atoms. The Bertz CT molecular complexity index is 799. The van der Waals surface area contributed by atoms with Gasteiger partial charge in [0.05, 0.1) is 36.6 Å². The molecule has 3 rings (SSSR count). The summed E-state index contributed by atoms with van der Waals surface area (Å²) in [5.74, 6) is 0.0388. The van der Waals surface area contributed by atoms with Gasteiger partial charge in [0, 0.05) is 23.8 Å². The van der Waals surface area contributed by atoms with E-state index in [1.165, 1.54) is 11.8 Å². The van der Waals surface area contributed by atoms with Gasteiger partial charge in [0.2, 0.25) is 0 Å². The predicted molar refractivity (Wildman–Crippen MR) is 111 cm³/mol. The number of hydrogen-bond acceptors (Lipinski definition) is 6. The van der Waals surface area contributed by atoms with E-state index in [1.807, 2.05) is 13.8 Å². The molecule has 0 bridgehead atoms. The second-order valence-electron chi connectivity index (χ2n) is 7.27. The first-order valence-electron chi connectivity index (χ1n) is 10.2. The summed E-state index contributed by atoms with van der Waals surface area (Å²) in [5, 5.41) is 6.47. The number of ether oxygens (including phenoxy) is 2. The van der Waals surface area contributed by atoms with Crippen LogP contribution < -0.4 is 10.6 Å². The second kappa shape index (κ2) is 9.67. The number of carbonyl (C=O) groups excluding carboxylic acids is 2. The molecule has 0 aromatic carbocycles. The number of carbonyl (C=O) groups is 2. The van der Waals surface area contributed by atoms with Crippen LogP contribution in [0.2, 0.25) is 0 Å². The topological polar surface area (TPSA) is 94.5 Å². The maximum absolute atomic E-state index is 12.5. The summed E-state index contributed by atoms with van der Waals surface area (Å²) in [6.07, 6.45) is 2.96. The van der Waals surface area contributed by atoms with Crippen LogP contribution in [0.3, 0.4) is 0 Å². The zero-order valence-corrected chi connectivity index (χ0v) is 18.4. The Hall–Kier alpha value is -2.00. The Labute approximate surface area is 175 Å². The van der Waals surface area contributed by atoms with Crippen LogP contribution in [0.4, 0.5) is 4.79 Å². The molecule has 3 heterocycles. The van der Waals surface area contributed by atoms with Gasteiger partial charge in [-0.05, 0) is 40.0 Å². The molecule has 160 valence electrons. The van der Waals surface area contributed by atoms with Gasteiger partial charge in [-0.2, -0.15) is 0 Å². The summed E-state index contributed by atoms with van der Waals surface area (Å²) in [5.41, 5.74) is 3.17. The van der Waals surface area contributed by atoms with Crippen LogP contribution in [-0.2, 0) is 20.8 Å². The number of nitrogens with zero attached hydrogens (tertiary/aromatic N) is 2. The number of aryl methyl sites for hydroxylation is 1. The van der Waals surface area contributed by atoms with Gasteiger partial charge >= 0.3 is 12.0 Å². The molecule has 0 saturated carbocycles. The van der Waals surface area contributed by atoms with Gasteiger partial charge < -0.3 is 24.7 Å². The van der Waals surface area contributed by atoms with Gasteiger partial charge in [0.1, 0.15) is 0 Å². The molecule has 1 fully saturated rings. The highest BCUT2D eigenvalue weighted by molar-refractivity contribution is 7.99. The predicted octanol–water partition coefficient (Wildman–Crippen LogP) is 2.68. The van der Waals surface area contributed by atoms with E-state index in [2.05, 4.69) is 22.1 Å². The number of nitrogens with one attached hydrogen (secondary N) is 2. The molecule has 0 radical (unpaired) electrons. The van der Waals surface area contributed by atoms with E-state index < -0.39 is 5.97 Å². The second-order valence-corrected chi connectivity index (χ2v) is 8.21. The molecule has 1 aromatic rings. The maximum atomic E-state index is 12.5. The van der Waals surface area contributed by atoms with Crippen molar-refractivity contribution >= 4 is 23.8 Å². The molecule has 1 saturated heterocycles. The number of hydrogen-bond donors (Lipinski definition) is 2. The Kier molecular flexibility index (Phi) is 7.23. The fourth-order valence-corrected chi connectivity index (χ4v) is 4.72. The minimum absolute atomic E-state index is 0.207. The largest absolute Gasteiger partial charge is 0.463 e. The molecule has 1 aromatic heterocycles. The van der Waals surface area contributed by atoms with E-state index in [0.29, 0.717) is 23.4 Å². The van der Waals surface area contributed by atoms with Crippen molar-refractivity contribution in [3.05, 3.63) is 22.7 Å². The van der Waals surface area contributed by atoms with Gasteiger partial charge in [-0.1, -0.05) is 18.7 Å². The third-order valence-corrected chi connectivity index (χ3v) is 6.33. The van der Waals surface area contributed by atoms with Gasteiger partial charge in [-0.25, -0.2) is 14.6 Å². The standard InChI is InChI=1S/C20H30N4O4S/c1-5-15-17(18(25)27-6-2)16(23-19(26)22-15)11-29-20-21-12(3)13(4)24(20)10-14-8-7-9-28-14/h14-15H,5-11H2,1-4H3,(H2,22,23,26)/t14-,15+/m0/s1. The molecular formula is C20H30N4O4S. The van der Waals surface area contributed by atoms with Crippen LogP contribution in [0.5, 0.6) is 0 Å². The average Bonchev–Trinajstić information content (AvgIpc) is 3.30. The van der Waals surface area contributed by atoms with Crippen molar-refractivity contribution in [1.82, 2.24) is 20.2 Å². The quantitative estimate of drug-likeness (QED) is 0.494. The van der Waals surface area contributed by atoms with Crippen molar-refractivity contribution in [1.29, 1.82) is 0 Å². The molecule has 2 aliphatic heterocycles. The number of rotatable bonds is 8. The third-order valence-electron chi connectivity index (χ3n) is 5.33. The number of thioether (sulfide) groups is 1. The normalized spacial score (nSPS) is 21.9. The van der Waals surface area contributed by atoms with Crippen molar-refractivity contribution in [2.24, 2.45) is 0 Å². The summed E-state index contributed by atoms with van der Waals surface area (Å²) >= 11 is 1.51. The minimum atomic E-state index is -0.391. The summed E-state index contributed by atoms with van der Waals surface area (Å²) in [7, 11) is 0. The lowest BCUT2D eigenvalue weighted by Crippen LogP contribution is -2.50. The Morgan fingerprint density at radius 1 is 1.38 bits per heavy atom. The number of urea groups is 1. The van der Waals surface area contributed by atoms with Crippen molar-refractivity contribution in [2.45, 2.75) is 70.8 Å². The van der Waals surface area contributed by atoms with E-state index >= 15 is 0 Å². The van der Waals surface area contributed by atoms with Crippen LogP contribution in [0.25, 0.3) is 0 Å². The molecule has 2 atom stereocenters. The fourth-order valence-electron chi connectivity index (χ4n) is 3.65. The zero-order chi connectivity index (χ0) is 21.0. The monoisotopic (exact) mass is 422 g/mol. The number of esters is 1. The molecular weight excluding hydrogens is 392 g/mol. The minimum Gasteiger partial charge on any atom is -0.463 e. The van der Waals surface area contributed by atoms with Gasteiger partial charge in [0.15, 0.2) is 5.16 Å². The van der Waals surface area contributed by atoms with E-state index in [-0.39, 0.29) is 24.8 Å². The first kappa shape index (κ1) is 21.7. The average molecular weight is 423 g/mol. The summed E-state index contributed by atoms with van der Waals surface area (Å²) in [4.78, 5) is 29.3. The number of imidazole rings is 1. The summed E-state index contributed by atoms with van der Waals surface area (Å²) < 4.78 is 13.2. The van der Waals surface area contributed by atoms with Crippen LogP contribution in [-0.4, -0.2) is 52.7 Å². The molecule has 0 unspecified atom stereocenters. The number of amides is 2. The van der Waals surface area contributed by atoms with Gasteiger partial charge in [-0.3, -0.25) is 0 Å². The lowest BCUT2D eigenvalue weighted by Gasteiger charge is -2.28. The van der Waals surface area contributed by atoms with Crippen molar-refractivity contribution in [3.63, 3.8) is 0 Å². The van der Waals surface area contributed by atoms with E-state index in [0.717, 1.165) is 42.5 Å².